The largest absolute Gasteiger partial charge is 0.497 e. The number of nitrogens with one attached hydrogen (secondary N) is 1. The van der Waals surface area contributed by atoms with Crippen molar-refractivity contribution in [1.82, 2.24) is 10.2 Å². The van der Waals surface area contributed by atoms with Crippen LogP contribution in [0.1, 0.15) is 37.0 Å². The van der Waals surface area contributed by atoms with Gasteiger partial charge in [0.05, 0.1) is 17.7 Å². The number of anilines is 1. The summed E-state index contributed by atoms with van der Waals surface area (Å²) < 4.78 is 34.7. The highest BCUT2D eigenvalue weighted by atomic mass is 35.5. The molecule has 46 heavy (non-hydrogen) atoms. The summed E-state index contributed by atoms with van der Waals surface area (Å²) in [5, 5.41) is 3.47. The number of ether oxygens (including phenoxy) is 1. The number of aryl methyl sites for hydroxylation is 1. The van der Waals surface area contributed by atoms with Crippen LogP contribution in [0.15, 0.2) is 108 Å². The van der Waals surface area contributed by atoms with Crippen LogP contribution in [0.4, 0.5) is 5.69 Å². The molecule has 8 nitrogen and oxygen atoms in total. The number of nitrogens with zero attached hydrogens (tertiary/aromatic N) is 2. The van der Waals surface area contributed by atoms with Crippen LogP contribution in [0.3, 0.4) is 0 Å². The average molecular weight is 662 g/mol. The lowest BCUT2D eigenvalue weighted by Gasteiger charge is -2.34. The zero-order chi connectivity index (χ0) is 33.3. The molecule has 0 heterocycles. The van der Waals surface area contributed by atoms with Crippen molar-refractivity contribution in [2.45, 2.75) is 57.1 Å². The summed E-state index contributed by atoms with van der Waals surface area (Å²) in [4.78, 5) is 29.9. The Labute approximate surface area is 277 Å². The molecule has 242 valence electrons. The van der Waals surface area contributed by atoms with Gasteiger partial charge in [-0.3, -0.25) is 13.9 Å². The van der Waals surface area contributed by atoms with Gasteiger partial charge < -0.3 is 15.0 Å². The molecule has 4 aromatic carbocycles. The van der Waals surface area contributed by atoms with Crippen LogP contribution in [0, 0.1) is 6.92 Å². The lowest BCUT2D eigenvalue weighted by atomic mass is 10.0. The SMILES string of the molecule is CCC(C)NC(=O)C(Cc1ccccc1)N(Cc1ccccc1Cl)C(=O)CN(c1ccc(C)cc1)S(=O)(=O)c1ccc(OC)cc1. The zero-order valence-electron chi connectivity index (χ0n) is 26.5. The van der Waals surface area contributed by atoms with Crippen molar-refractivity contribution in [2.24, 2.45) is 0 Å². The van der Waals surface area contributed by atoms with E-state index in [1.807, 2.05) is 57.2 Å². The Morgan fingerprint density at radius 3 is 2.13 bits per heavy atom. The Kier molecular flexibility index (Phi) is 11.8. The first-order valence-electron chi connectivity index (χ1n) is 15.1. The van der Waals surface area contributed by atoms with E-state index in [4.69, 9.17) is 16.3 Å². The molecule has 2 atom stereocenters. The molecule has 2 unspecified atom stereocenters. The number of halogens is 1. The standard InChI is InChI=1S/C36H40ClN3O5S/c1-5-27(3)38-36(42)34(23-28-11-7-6-8-12-28)39(24-29-13-9-10-14-33(29)37)35(41)25-40(30-17-15-26(2)16-18-30)46(43,44)32-21-19-31(45-4)20-22-32/h6-22,27,34H,5,23-25H2,1-4H3,(H,38,42). The van der Waals surface area contributed by atoms with Gasteiger partial charge >= 0.3 is 0 Å². The molecule has 0 aliphatic rings. The quantitative estimate of drug-likeness (QED) is 0.169. The predicted molar refractivity (Wildman–Crippen MR) is 183 cm³/mol. The van der Waals surface area contributed by atoms with Crippen molar-refractivity contribution < 1.29 is 22.7 Å². The van der Waals surface area contributed by atoms with Gasteiger partial charge in [-0.15, -0.1) is 0 Å². The van der Waals surface area contributed by atoms with Gasteiger partial charge in [0.1, 0.15) is 18.3 Å². The summed E-state index contributed by atoms with van der Waals surface area (Å²) in [6.45, 7) is 5.20. The van der Waals surface area contributed by atoms with Gasteiger partial charge in [0.2, 0.25) is 11.8 Å². The van der Waals surface area contributed by atoms with Crippen molar-refractivity contribution in [3.63, 3.8) is 0 Å². The van der Waals surface area contributed by atoms with Crippen LogP contribution in [-0.2, 0) is 32.6 Å². The molecule has 0 aliphatic heterocycles. The number of amides is 2. The molecule has 2 amide bonds. The summed E-state index contributed by atoms with van der Waals surface area (Å²) in [6.07, 6.45) is 0.915. The van der Waals surface area contributed by atoms with Gasteiger partial charge in [-0.2, -0.15) is 0 Å². The van der Waals surface area contributed by atoms with Crippen LogP contribution >= 0.6 is 11.6 Å². The Bertz CT molecular complexity index is 1720. The van der Waals surface area contributed by atoms with Gasteiger partial charge in [-0.05, 0) is 73.9 Å². The van der Waals surface area contributed by atoms with Gasteiger partial charge in [0.15, 0.2) is 0 Å². The molecule has 0 saturated carbocycles. The third kappa shape index (κ3) is 8.68. The smallest absolute Gasteiger partial charge is 0.264 e. The monoisotopic (exact) mass is 661 g/mol. The number of rotatable bonds is 14. The minimum absolute atomic E-state index is 0.00493. The second-order valence-electron chi connectivity index (χ2n) is 11.2. The lowest BCUT2D eigenvalue weighted by molar-refractivity contribution is -0.140. The molecule has 0 fully saturated rings. The van der Waals surface area contributed by atoms with Gasteiger partial charge in [-0.25, -0.2) is 8.42 Å². The Hall–Kier alpha value is -4.34. The summed E-state index contributed by atoms with van der Waals surface area (Å²) >= 11 is 6.56. The average Bonchev–Trinajstić information content (AvgIpc) is 3.06. The van der Waals surface area contributed by atoms with Crippen LogP contribution in [0.2, 0.25) is 5.02 Å². The summed E-state index contributed by atoms with van der Waals surface area (Å²) in [6, 6.07) is 28.3. The molecule has 0 radical (unpaired) electrons. The minimum Gasteiger partial charge on any atom is -0.497 e. The highest BCUT2D eigenvalue weighted by Crippen LogP contribution is 2.27. The zero-order valence-corrected chi connectivity index (χ0v) is 28.1. The van der Waals surface area contributed by atoms with E-state index in [2.05, 4.69) is 5.32 Å². The molecule has 4 aromatic rings. The van der Waals surface area contributed by atoms with E-state index in [-0.39, 0.29) is 29.8 Å². The van der Waals surface area contributed by atoms with E-state index in [0.717, 1.165) is 15.4 Å². The topological polar surface area (TPSA) is 96.0 Å². The van der Waals surface area contributed by atoms with E-state index >= 15 is 0 Å². The first-order chi connectivity index (χ1) is 22.0. The van der Waals surface area contributed by atoms with Crippen LogP contribution in [-0.4, -0.2) is 50.9 Å². The van der Waals surface area contributed by atoms with Gasteiger partial charge in [0, 0.05) is 24.0 Å². The van der Waals surface area contributed by atoms with E-state index in [1.54, 1.807) is 54.6 Å². The van der Waals surface area contributed by atoms with Crippen molar-refractivity contribution in [3.05, 3.63) is 125 Å². The third-order valence-corrected chi connectivity index (χ3v) is 9.98. The molecule has 4 rings (SSSR count). The fourth-order valence-corrected chi connectivity index (χ4v) is 6.53. The first-order valence-corrected chi connectivity index (χ1v) is 17.0. The van der Waals surface area contributed by atoms with Crippen LogP contribution < -0.4 is 14.4 Å². The second-order valence-corrected chi connectivity index (χ2v) is 13.4. The molecular formula is C36H40ClN3O5S. The minimum atomic E-state index is -4.23. The number of carbonyl (C=O) groups excluding carboxylic acids is 2. The molecule has 0 bridgehead atoms. The fraction of sp³-hybridized carbons (Fsp3) is 0.278. The third-order valence-electron chi connectivity index (χ3n) is 7.82. The summed E-state index contributed by atoms with van der Waals surface area (Å²) in [5.74, 6) is -0.393. The van der Waals surface area contributed by atoms with Gasteiger partial charge in [0.25, 0.3) is 10.0 Å². The highest BCUT2D eigenvalue weighted by molar-refractivity contribution is 7.92. The second kappa shape index (κ2) is 15.8. The van der Waals surface area contributed by atoms with E-state index in [9.17, 15) is 18.0 Å². The molecular weight excluding hydrogens is 622 g/mol. The van der Waals surface area contributed by atoms with E-state index < -0.39 is 28.5 Å². The number of hydrogen-bond acceptors (Lipinski definition) is 5. The Balaban J connectivity index is 1.81. The number of carbonyl (C=O) groups is 2. The molecule has 1 N–H and O–H groups in total. The van der Waals surface area contributed by atoms with Gasteiger partial charge in [-0.1, -0.05) is 84.8 Å². The van der Waals surface area contributed by atoms with Crippen molar-refractivity contribution in [3.8, 4) is 5.75 Å². The van der Waals surface area contributed by atoms with Crippen LogP contribution in [0.25, 0.3) is 0 Å². The molecule has 0 aliphatic carbocycles. The van der Waals surface area contributed by atoms with E-state index in [0.29, 0.717) is 28.4 Å². The lowest BCUT2D eigenvalue weighted by Crippen LogP contribution is -2.54. The Morgan fingerprint density at radius 2 is 1.52 bits per heavy atom. The highest BCUT2D eigenvalue weighted by Gasteiger charge is 2.35. The fourth-order valence-electron chi connectivity index (χ4n) is 4.92. The number of sulfonamides is 1. The van der Waals surface area contributed by atoms with Crippen molar-refractivity contribution in [2.75, 3.05) is 18.0 Å². The summed E-state index contributed by atoms with van der Waals surface area (Å²) in [5.41, 5.74) is 2.73. The van der Waals surface area contributed by atoms with Crippen molar-refractivity contribution >= 4 is 39.1 Å². The van der Waals surface area contributed by atoms with Crippen LogP contribution in [0.5, 0.6) is 5.75 Å². The molecule has 0 spiro atoms. The number of hydrogen-bond donors (Lipinski definition) is 1. The normalized spacial score (nSPS) is 12.5. The van der Waals surface area contributed by atoms with Crippen molar-refractivity contribution in [1.29, 1.82) is 0 Å². The first kappa shape index (κ1) is 34.5. The Morgan fingerprint density at radius 1 is 0.891 bits per heavy atom. The predicted octanol–water partition coefficient (Wildman–Crippen LogP) is 6.41. The molecule has 0 aromatic heterocycles. The maximum Gasteiger partial charge on any atom is 0.264 e. The molecule has 10 heteroatoms. The van der Waals surface area contributed by atoms with E-state index in [1.165, 1.54) is 24.1 Å². The molecule has 0 saturated heterocycles. The number of methoxy groups -OCH3 is 1. The number of benzene rings is 4. The maximum atomic E-state index is 14.6. The maximum absolute atomic E-state index is 14.6. The summed E-state index contributed by atoms with van der Waals surface area (Å²) in [7, 11) is -2.73.